The Labute approximate surface area is 110 Å². The van der Waals surface area contributed by atoms with Gasteiger partial charge in [-0.15, -0.1) is 0 Å². The Hall–Kier alpha value is -0.120. The highest BCUT2D eigenvalue weighted by Crippen LogP contribution is 2.18. The second kappa shape index (κ2) is 6.58. The summed E-state index contributed by atoms with van der Waals surface area (Å²) in [5.41, 5.74) is 0.839. The zero-order chi connectivity index (χ0) is 12.1. The predicted molar refractivity (Wildman–Crippen MR) is 70.8 cm³/mol. The van der Waals surface area contributed by atoms with E-state index in [1.165, 1.54) is 12.1 Å². The van der Waals surface area contributed by atoms with Crippen LogP contribution < -0.4 is 0 Å². The summed E-state index contributed by atoms with van der Waals surface area (Å²) in [6, 6.07) is 4.48. The Morgan fingerprint density at radius 3 is 2.81 bits per heavy atom. The first-order valence-corrected chi connectivity index (χ1v) is 6.55. The number of benzene rings is 1. The lowest BCUT2D eigenvalue weighted by molar-refractivity contribution is 0.322. The van der Waals surface area contributed by atoms with Crippen LogP contribution in [0.5, 0.6) is 0 Å². The topological polar surface area (TPSA) is 3.24 Å². The van der Waals surface area contributed by atoms with Crippen LogP contribution in [-0.4, -0.2) is 23.3 Å². The third-order valence-corrected chi connectivity index (χ3v) is 3.18. The summed E-state index contributed by atoms with van der Waals surface area (Å²) in [5.74, 6) is -0.235. The van der Waals surface area contributed by atoms with Crippen LogP contribution in [-0.2, 0) is 6.54 Å². The fraction of sp³-hybridized carbons (Fsp3) is 0.500. The summed E-state index contributed by atoms with van der Waals surface area (Å²) >= 11 is 9.50. The molecule has 1 nitrogen and oxygen atoms in total. The highest BCUT2D eigenvalue weighted by atomic mass is 79.9. The maximum atomic E-state index is 13.0. The molecule has 0 aromatic heterocycles. The van der Waals surface area contributed by atoms with Crippen LogP contribution in [0.3, 0.4) is 0 Å². The third-order valence-electron chi connectivity index (χ3n) is 2.36. The number of hydrogen-bond acceptors (Lipinski definition) is 1. The lowest BCUT2D eigenvalue weighted by atomic mass is 10.2. The fourth-order valence-corrected chi connectivity index (χ4v) is 1.81. The van der Waals surface area contributed by atoms with E-state index in [2.05, 4.69) is 27.8 Å². The minimum absolute atomic E-state index is 0.235. The molecule has 90 valence electrons. The predicted octanol–water partition coefficient (Wildman–Crippen LogP) is 4.08. The van der Waals surface area contributed by atoms with Gasteiger partial charge in [0.25, 0.3) is 0 Å². The summed E-state index contributed by atoms with van der Waals surface area (Å²) in [6.07, 6.45) is 1.06. The van der Waals surface area contributed by atoms with Crippen LogP contribution in [0.2, 0.25) is 5.02 Å². The zero-order valence-electron chi connectivity index (χ0n) is 9.51. The fourth-order valence-electron chi connectivity index (χ4n) is 1.43. The van der Waals surface area contributed by atoms with Gasteiger partial charge in [-0.2, -0.15) is 0 Å². The van der Waals surface area contributed by atoms with Gasteiger partial charge in [0, 0.05) is 16.4 Å². The largest absolute Gasteiger partial charge is 0.302 e. The Morgan fingerprint density at radius 2 is 2.19 bits per heavy atom. The lowest BCUT2D eigenvalue weighted by Gasteiger charge is -2.18. The molecule has 0 amide bonds. The van der Waals surface area contributed by atoms with Crippen LogP contribution in [0.4, 0.5) is 4.39 Å². The van der Waals surface area contributed by atoms with Crippen molar-refractivity contribution in [3.8, 4) is 0 Å². The van der Waals surface area contributed by atoms with E-state index in [1.807, 2.05) is 7.05 Å². The molecule has 4 heteroatoms. The minimum atomic E-state index is -0.235. The van der Waals surface area contributed by atoms with Gasteiger partial charge in [0.05, 0.1) is 0 Å². The Morgan fingerprint density at radius 1 is 1.50 bits per heavy atom. The molecule has 1 unspecified atom stereocenters. The van der Waals surface area contributed by atoms with E-state index < -0.39 is 0 Å². The SMILES string of the molecule is CC(Br)CCN(C)Cc1cc(F)ccc1Cl. The van der Waals surface area contributed by atoms with Crippen LogP contribution >= 0.6 is 27.5 Å². The van der Waals surface area contributed by atoms with Gasteiger partial charge in [-0.1, -0.05) is 34.5 Å². The van der Waals surface area contributed by atoms with Gasteiger partial charge in [0.1, 0.15) is 5.82 Å². The van der Waals surface area contributed by atoms with Crippen molar-refractivity contribution in [3.63, 3.8) is 0 Å². The van der Waals surface area contributed by atoms with Gasteiger partial charge in [-0.3, -0.25) is 0 Å². The van der Waals surface area contributed by atoms with Gasteiger partial charge in [-0.25, -0.2) is 4.39 Å². The van der Waals surface area contributed by atoms with E-state index in [9.17, 15) is 4.39 Å². The second-order valence-electron chi connectivity index (χ2n) is 4.04. The summed E-state index contributed by atoms with van der Waals surface area (Å²) in [4.78, 5) is 2.64. The molecule has 0 spiro atoms. The molecule has 0 fully saturated rings. The quantitative estimate of drug-likeness (QED) is 0.741. The number of halogens is 3. The molecule has 1 atom stereocenters. The van der Waals surface area contributed by atoms with Crippen molar-refractivity contribution in [1.82, 2.24) is 4.90 Å². The van der Waals surface area contributed by atoms with Crippen LogP contribution in [0.15, 0.2) is 18.2 Å². The van der Waals surface area contributed by atoms with Crippen LogP contribution in [0.1, 0.15) is 18.9 Å². The molecule has 0 N–H and O–H groups in total. The highest BCUT2D eigenvalue weighted by Gasteiger charge is 2.06. The maximum Gasteiger partial charge on any atom is 0.123 e. The Kier molecular flexibility index (Phi) is 5.73. The number of rotatable bonds is 5. The molecule has 0 aliphatic rings. The van der Waals surface area contributed by atoms with Crippen LogP contribution in [0, 0.1) is 5.82 Å². The van der Waals surface area contributed by atoms with E-state index in [1.54, 1.807) is 6.07 Å². The van der Waals surface area contributed by atoms with Crippen molar-refractivity contribution in [3.05, 3.63) is 34.6 Å². The van der Waals surface area contributed by atoms with Gasteiger partial charge < -0.3 is 4.90 Å². The van der Waals surface area contributed by atoms with E-state index >= 15 is 0 Å². The first kappa shape index (κ1) is 13.9. The second-order valence-corrected chi connectivity index (χ2v) is 6.01. The lowest BCUT2D eigenvalue weighted by Crippen LogP contribution is -2.21. The average molecular weight is 309 g/mol. The first-order valence-electron chi connectivity index (χ1n) is 5.25. The van der Waals surface area contributed by atoms with Gasteiger partial charge >= 0.3 is 0 Å². The number of alkyl halides is 1. The minimum Gasteiger partial charge on any atom is -0.302 e. The molecule has 0 saturated carbocycles. The van der Waals surface area contributed by atoms with Crippen molar-refractivity contribution in [1.29, 1.82) is 0 Å². The van der Waals surface area contributed by atoms with Crippen molar-refractivity contribution in [2.45, 2.75) is 24.7 Å². The van der Waals surface area contributed by atoms with E-state index in [0.29, 0.717) is 16.4 Å². The molecule has 1 rings (SSSR count). The molecule has 16 heavy (non-hydrogen) atoms. The molecule has 0 aliphatic heterocycles. The molecule has 0 saturated heterocycles. The summed E-state index contributed by atoms with van der Waals surface area (Å²) in [7, 11) is 2.01. The maximum absolute atomic E-state index is 13.0. The van der Waals surface area contributed by atoms with Crippen molar-refractivity contribution in [2.24, 2.45) is 0 Å². The molecule has 0 heterocycles. The summed E-state index contributed by atoms with van der Waals surface area (Å²) < 4.78 is 13.0. The van der Waals surface area contributed by atoms with E-state index in [0.717, 1.165) is 18.5 Å². The molecule has 1 aromatic rings. The van der Waals surface area contributed by atoms with E-state index in [4.69, 9.17) is 11.6 Å². The first-order chi connectivity index (χ1) is 7.49. The van der Waals surface area contributed by atoms with Crippen molar-refractivity contribution < 1.29 is 4.39 Å². The smallest absolute Gasteiger partial charge is 0.123 e. The Balaban J connectivity index is 2.55. The normalized spacial score (nSPS) is 13.1. The molecular formula is C12H16BrClFN. The standard InChI is InChI=1S/C12H16BrClFN/c1-9(13)5-6-16(2)8-10-7-11(15)3-4-12(10)14/h3-4,7,9H,5-6,8H2,1-2H3. The third kappa shape index (κ3) is 4.81. The highest BCUT2D eigenvalue weighted by molar-refractivity contribution is 9.09. The van der Waals surface area contributed by atoms with Gasteiger partial charge in [0.2, 0.25) is 0 Å². The molecule has 0 aliphatic carbocycles. The molecule has 0 bridgehead atoms. The Bertz CT molecular complexity index is 344. The average Bonchev–Trinajstić information content (AvgIpc) is 2.20. The van der Waals surface area contributed by atoms with E-state index in [-0.39, 0.29) is 5.82 Å². The van der Waals surface area contributed by atoms with Gasteiger partial charge in [-0.05, 0) is 43.8 Å². The summed E-state index contributed by atoms with van der Waals surface area (Å²) in [5, 5.41) is 0.625. The molecular weight excluding hydrogens is 292 g/mol. The molecule has 1 aromatic carbocycles. The van der Waals surface area contributed by atoms with Crippen molar-refractivity contribution in [2.75, 3.05) is 13.6 Å². The van der Waals surface area contributed by atoms with Crippen molar-refractivity contribution >= 4 is 27.5 Å². The molecule has 0 radical (unpaired) electrons. The zero-order valence-corrected chi connectivity index (χ0v) is 11.9. The monoisotopic (exact) mass is 307 g/mol. The summed E-state index contributed by atoms with van der Waals surface area (Å²) in [6.45, 7) is 3.75. The van der Waals surface area contributed by atoms with Crippen LogP contribution in [0.25, 0.3) is 0 Å². The number of nitrogens with zero attached hydrogens (tertiary/aromatic N) is 1. The van der Waals surface area contributed by atoms with Gasteiger partial charge in [0.15, 0.2) is 0 Å². The number of hydrogen-bond donors (Lipinski definition) is 0.